The molecule has 0 saturated carbocycles. The summed E-state index contributed by atoms with van der Waals surface area (Å²) in [7, 11) is 2.89. The van der Waals surface area contributed by atoms with Gasteiger partial charge in [-0.3, -0.25) is 0 Å². The number of hydrogen-bond acceptors (Lipinski definition) is 5. The molecule has 18 heavy (non-hydrogen) atoms. The predicted molar refractivity (Wildman–Crippen MR) is 64.2 cm³/mol. The molecule has 98 valence electrons. The number of ether oxygens (including phenoxy) is 4. The minimum atomic E-state index is -0.414. The second-order valence-electron chi connectivity index (χ2n) is 4.14. The molecule has 0 saturated heterocycles. The molecule has 2 rings (SSSR count). The van der Waals surface area contributed by atoms with E-state index in [9.17, 15) is 4.79 Å². The number of benzene rings is 1. The largest absolute Gasteiger partial charge is 0.492 e. The molecule has 0 radical (unpaired) electrons. The van der Waals surface area contributed by atoms with Crippen LogP contribution in [0.2, 0.25) is 0 Å². The molecule has 0 N–H and O–H groups in total. The minimum absolute atomic E-state index is 0.129. The van der Waals surface area contributed by atoms with Gasteiger partial charge in [0.2, 0.25) is 0 Å². The van der Waals surface area contributed by atoms with Crippen LogP contribution in [0, 0.1) is 0 Å². The molecule has 5 heteroatoms. The molecule has 1 aliphatic heterocycles. The SMILES string of the molecule is COCOc1cc(C(=O)OC)cc2c1C(C)CO2. The average Bonchev–Trinajstić information content (AvgIpc) is 2.76. The van der Waals surface area contributed by atoms with Crippen molar-refractivity contribution in [2.45, 2.75) is 12.8 Å². The van der Waals surface area contributed by atoms with E-state index < -0.39 is 5.97 Å². The molecule has 0 aromatic heterocycles. The summed E-state index contributed by atoms with van der Waals surface area (Å²) in [6.07, 6.45) is 0. The van der Waals surface area contributed by atoms with Crippen molar-refractivity contribution in [2.75, 3.05) is 27.6 Å². The molecule has 1 aromatic rings. The highest BCUT2D eigenvalue weighted by Gasteiger charge is 2.27. The Kier molecular flexibility index (Phi) is 3.72. The van der Waals surface area contributed by atoms with Crippen LogP contribution in [0.25, 0.3) is 0 Å². The van der Waals surface area contributed by atoms with Crippen molar-refractivity contribution in [1.29, 1.82) is 0 Å². The molecular weight excluding hydrogens is 236 g/mol. The van der Waals surface area contributed by atoms with Gasteiger partial charge in [0.05, 0.1) is 19.3 Å². The molecular formula is C13H16O5. The first-order chi connectivity index (χ1) is 8.67. The van der Waals surface area contributed by atoms with Crippen molar-refractivity contribution >= 4 is 5.97 Å². The number of carbonyl (C=O) groups is 1. The summed E-state index contributed by atoms with van der Waals surface area (Å²) in [5.74, 6) is 1.11. The van der Waals surface area contributed by atoms with Crippen LogP contribution in [-0.2, 0) is 9.47 Å². The average molecular weight is 252 g/mol. The molecule has 0 amide bonds. The number of esters is 1. The molecule has 1 heterocycles. The van der Waals surface area contributed by atoms with Gasteiger partial charge in [-0.05, 0) is 12.1 Å². The number of rotatable bonds is 4. The van der Waals surface area contributed by atoms with Gasteiger partial charge in [0.25, 0.3) is 0 Å². The normalized spacial score (nSPS) is 16.9. The fourth-order valence-electron chi connectivity index (χ4n) is 1.98. The maximum Gasteiger partial charge on any atom is 0.338 e. The van der Waals surface area contributed by atoms with Crippen molar-refractivity contribution in [3.63, 3.8) is 0 Å². The molecule has 1 unspecified atom stereocenters. The Morgan fingerprint density at radius 1 is 1.44 bits per heavy atom. The van der Waals surface area contributed by atoms with Crippen LogP contribution >= 0.6 is 0 Å². The highest BCUT2D eigenvalue weighted by Crippen LogP contribution is 2.41. The Morgan fingerprint density at radius 3 is 2.89 bits per heavy atom. The second kappa shape index (κ2) is 5.27. The summed E-state index contributed by atoms with van der Waals surface area (Å²) in [4.78, 5) is 11.6. The van der Waals surface area contributed by atoms with Crippen LogP contribution in [0.3, 0.4) is 0 Å². The van der Waals surface area contributed by atoms with Crippen molar-refractivity contribution in [1.82, 2.24) is 0 Å². The third-order valence-corrected chi connectivity index (χ3v) is 2.84. The Balaban J connectivity index is 2.41. The Labute approximate surface area is 106 Å². The van der Waals surface area contributed by atoms with Gasteiger partial charge in [-0.1, -0.05) is 6.92 Å². The van der Waals surface area contributed by atoms with E-state index in [-0.39, 0.29) is 12.7 Å². The van der Waals surface area contributed by atoms with E-state index in [1.165, 1.54) is 7.11 Å². The standard InChI is InChI=1S/C13H16O5/c1-8-6-17-10-4-9(13(14)16-3)5-11(12(8)10)18-7-15-2/h4-5,8H,6-7H2,1-3H3. The maximum absolute atomic E-state index is 11.6. The zero-order chi connectivity index (χ0) is 13.1. The van der Waals surface area contributed by atoms with Gasteiger partial charge in [0, 0.05) is 18.6 Å². The lowest BCUT2D eigenvalue weighted by molar-refractivity contribution is 0.0496. The lowest BCUT2D eigenvalue weighted by Crippen LogP contribution is -2.06. The third-order valence-electron chi connectivity index (χ3n) is 2.84. The van der Waals surface area contributed by atoms with E-state index >= 15 is 0 Å². The van der Waals surface area contributed by atoms with Gasteiger partial charge in [-0.15, -0.1) is 0 Å². The maximum atomic E-state index is 11.6. The lowest BCUT2D eigenvalue weighted by atomic mass is 10.0. The van der Waals surface area contributed by atoms with Crippen molar-refractivity contribution in [2.24, 2.45) is 0 Å². The summed E-state index contributed by atoms with van der Waals surface area (Å²) in [5.41, 5.74) is 1.39. The van der Waals surface area contributed by atoms with Crippen molar-refractivity contribution < 1.29 is 23.7 Å². The number of methoxy groups -OCH3 is 2. The highest BCUT2D eigenvalue weighted by molar-refractivity contribution is 5.90. The molecule has 5 nitrogen and oxygen atoms in total. The van der Waals surface area contributed by atoms with Crippen LogP contribution in [0.4, 0.5) is 0 Å². The van der Waals surface area contributed by atoms with Gasteiger partial charge >= 0.3 is 5.97 Å². The Morgan fingerprint density at radius 2 is 2.22 bits per heavy atom. The monoisotopic (exact) mass is 252 g/mol. The van der Waals surface area contributed by atoms with Gasteiger partial charge < -0.3 is 18.9 Å². The van der Waals surface area contributed by atoms with Crippen LogP contribution < -0.4 is 9.47 Å². The minimum Gasteiger partial charge on any atom is -0.492 e. The van der Waals surface area contributed by atoms with Crippen molar-refractivity contribution in [3.8, 4) is 11.5 Å². The lowest BCUT2D eigenvalue weighted by Gasteiger charge is -2.12. The number of carbonyl (C=O) groups excluding carboxylic acids is 1. The molecule has 0 bridgehead atoms. The zero-order valence-corrected chi connectivity index (χ0v) is 10.7. The second-order valence-corrected chi connectivity index (χ2v) is 4.14. The van der Waals surface area contributed by atoms with E-state index in [1.54, 1.807) is 19.2 Å². The number of fused-ring (bicyclic) bond motifs is 1. The summed E-state index contributed by atoms with van der Waals surface area (Å²) >= 11 is 0. The van der Waals surface area contributed by atoms with Gasteiger partial charge in [0.15, 0.2) is 6.79 Å². The Hall–Kier alpha value is -1.75. The third kappa shape index (κ3) is 2.26. The summed E-state index contributed by atoms with van der Waals surface area (Å²) in [6.45, 7) is 2.76. The molecule has 0 fully saturated rings. The molecule has 1 atom stereocenters. The Bertz CT molecular complexity index is 455. The molecule has 0 spiro atoms. The van der Waals surface area contributed by atoms with Crippen LogP contribution in [0.1, 0.15) is 28.8 Å². The smallest absolute Gasteiger partial charge is 0.338 e. The van der Waals surface area contributed by atoms with Crippen LogP contribution in [0.15, 0.2) is 12.1 Å². The van der Waals surface area contributed by atoms with Crippen molar-refractivity contribution in [3.05, 3.63) is 23.3 Å². The first-order valence-electron chi connectivity index (χ1n) is 5.68. The predicted octanol–water partition coefficient (Wildman–Crippen LogP) is 1.95. The highest BCUT2D eigenvalue weighted by atomic mass is 16.7. The first-order valence-corrected chi connectivity index (χ1v) is 5.68. The summed E-state index contributed by atoms with van der Waals surface area (Å²) in [5, 5.41) is 0. The molecule has 1 aromatic carbocycles. The van der Waals surface area contributed by atoms with E-state index in [1.807, 2.05) is 6.92 Å². The van der Waals surface area contributed by atoms with Gasteiger partial charge in [0.1, 0.15) is 11.5 Å². The fourth-order valence-corrected chi connectivity index (χ4v) is 1.98. The van der Waals surface area contributed by atoms with E-state index in [2.05, 4.69) is 0 Å². The molecule has 0 aliphatic carbocycles. The summed E-state index contributed by atoms with van der Waals surface area (Å²) < 4.78 is 20.6. The van der Waals surface area contributed by atoms with Gasteiger partial charge in [-0.25, -0.2) is 4.79 Å². The van der Waals surface area contributed by atoms with E-state index in [4.69, 9.17) is 18.9 Å². The first kappa shape index (κ1) is 12.7. The van der Waals surface area contributed by atoms with E-state index in [0.717, 1.165) is 5.56 Å². The zero-order valence-electron chi connectivity index (χ0n) is 10.7. The van der Waals surface area contributed by atoms with Crippen LogP contribution in [-0.4, -0.2) is 33.6 Å². The quantitative estimate of drug-likeness (QED) is 0.605. The fraction of sp³-hybridized carbons (Fsp3) is 0.462. The number of hydrogen-bond donors (Lipinski definition) is 0. The topological polar surface area (TPSA) is 54.0 Å². The van der Waals surface area contributed by atoms with E-state index in [0.29, 0.717) is 23.7 Å². The van der Waals surface area contributed by atoms with Crippen LogP contribution in [0.5, 0.6) is 11.5 Å². The summed E-state index contributed by atoms with van der Waals surface area (Å²) in [6, 6.07) is 3.35. The van der Waals surface area contributed by atoms with Gasteiger partial charge in [-0.2, -0.15) is 0 Å². The molecule has 1 aliphatic rings.